The van der Waals surface area contributed by atoms with Gasteiger partial charge in [0.25, 0.3) is 0 Å². The standard InChI is InChI=1S/C15H30N4.HI/c1-5-16-15(17-8-13-6-7-13)18-14-10-19(11(2)3)9-12(14)4;/h11-14H,5-10H2,1-4H3,(H2,16,17,18);1H. The highest BCUT2D eigenvalue weighted by Gasteiger charge is 2.31. The minimum atomic E-state index is 0. The number of halogens is 1. The molecule has 4 nitrogen and oxygen atoms in total. The molecule has 2 N–H and O–H groups in total. The first-order chi connectivity index (χ1) is 9.10. The molecule has 1 saturated carbocycles. The predicted molar refractivity (Wildman–Crippen MR) is 96.9 cm³/mol. The molecule has 0 aromatic carbocycles. The van der Waals surface area contributed by atoms with Crippen LogP contribution in [0.1, 0.15) is 40.5 Å². The van der Waals surface area contributed by atoms with Crippen LogP contribution in [-0.4, -0.2) is 49.1 Å². The number of hydrogen-bond acceptors (Lipinski definition) is 2. The van der Waals surface area contributed by atoms with E-state index in [0.717, 1.165) is 31.5 Å². The Hall–Kier alpha value is -0.0400. The summed E-state index contributed by atoms with van der Waals surface area (Å²) in [5, 5.41) is 7.01. The molecule has 0 aromatic heterocycles. The number of likely N-dealkylation sites (tertiary alicyclic amines) is 1. The van der Waals surface area contributed by atoms with Gasteiger partial charge in [-0.3, -0.25) is 9.89 Å². The van der Waals surface area contributed by atoms with E-state index < -0.39 is 0 Å². The number of nitrogens with one attached hydrogen (secondary N) is 2. The number of rotatable bonds is 5. The average molecular weight is 394 g/mol. The average Bonchev–Trinajstić information content (AvgIpc) is 3.11. The molecule has 118 valence electrons. The van der Waals surface area contributed by atoms with E-state index in [4.69, 9.17) is 4.99 Å². The van der Waals surface area contributed by atoms with Gasteiger partial charge in [-0.1, -0.05) is 6.92 Å². The Balaban J connectivity index is 0.00000200. The molecular weight excluding hydrogens is 363 g/mol. The van der Waals surface area contributed by atoms with Crippen LogP contribution in [0.3, 0.4) is 0 Å². The summed E-state index contributed by atoms with van der Waals surface area (Å²) in [4.78, 5) is 7.27. The maximum atomic E-state index is 4.72. The van der Waals surface area contributed by atoms with Crippen molar-refractivity contribution in [2.45, 2.75) is 52.6 Å². The molecule has 2 rings (SSSR count). The SMILES string of the molecule is CCNC(=NCC1CC1)NC1CN(C(C)C)CC1C.I. The smallest absolute Gasteiger partial charge is 0.191 e. The van der Waals surface area contributed by atoms with Gasteiger partial charge in [0.15, 0.2) is 5.96 Å². The normalized spacial score (nSPS) is 27.6. The van der Waals surface area contributed by atoms with Gasteiger partial charge in [0.05, 0.1) is 0 Å². The van der Waals surface area contributed by atoms with Crippen LogP contribution < -0.4 is 10.6 Å². The zero-order valence-corrected chi connectivity index (χ0v) is 15.7. The lowest BCUT2D eigenvalue weighted by Crippen LogP contribution is -2.47. The van der Waals surface area contributed by atoms with E-state index in [2.05, 4.69) is 43.2 Å². The van der Waals surface area contributed by atoms with Crippen molar-refractivity contribution in [3.63, 3.8) is 0 Å². The Kier molecular flexibility index (Phi) is 7.58. The summed E-state index contributed by atoms with van der Waals surface area (Å²) in [5.41, 5.74) is 0. The largest absolute Gasteiger partial charge is 0.357 e. The van der Waals surface area contributed by atoms with E-state index in [1.165, 1.54) is 19.4 Å². The van der Waals surface area contributed by atoms with Gasteiger partial charge in [0.2, 0.25) is 0 Å². The summed E-state index contributed by atoms with van der Waals surface area (Å²) < 4.78 is 0. The van der Waals surface area contributed by atoms with Crippen molar-refractivity contribution in [3.05, 3.63) is 0 Å². The fourth-order valence-corrected chi connectivity index (χ4v) is 2.63. The van der Waals surface area contributed by atoms with E-state index in [9.17, 15) is 0 Å². The fourth-order valence-electron chi connectivity index (χ4n) is 2.63. The van der Waals surface area contributed by atoms with Gasteiger partial charge in [0, 0.05) is 38.3 Å². The van der Waals surface area contributed by atoms with Crippen molar-refractivity contribution in [3.8, 4) is 0 Å². The van der Waals surface area contributed by atoms with Crippen LogP contribution in [0.25, 0.3) is 0 Å². The van der Waals surface area contributed by atoms with Crippen molar-refractivity contribution in [1.29, 1.82) is 0 Å². The van der Waals surface area contributed by atoms with Gasteiger partial charge >= 0.3 is 0 Å². The zero-order chi connectivity index (χ0) is 13.8. The second-order valence-electron chi connectivity index (χ2n) is 6.44. The lowest BCUT2D eigenvalue weighted by atomic mass is 10.1. The van der Waals surface area contributed by atoms with Crippen molar-refractivity contribution in [1.82, 2.24) is 15.5 Å². The lowest BCUT2D eigenvalue weighted by Gasteiger charge is -2.21. The van der Waals surface area contributed by atoms with Crippen LogP contribution in [0.2, 0.25) is 0 Å². The topological polar surface area (TPSA) is 39.7 Å². The first-order valence-electron chi connectivity index (χ1n) is 7.89. The maximum absolute atomic E-state index is 4.72. The molecule has 1 saturated heterocycles. The minimum absolute atomic E-state index is 0. The van der Waals surface area contributed by atoms with Crippen LogP contribution in [0.15, 0.2) is 4.99 Å². The van der Waals surface area contributed by atoms with Crippen molar-refractivity contribution in [2.24, 2.45) is 16.8 Å². The molecule has 0 bridgehead atoms. The molecule has 1 aliphatic carbocycles. The van der Waals surface area contributed by atoms with Gasteiger partial charge in [-0.05, 0) is 45.4 Å². The molecule has 0 spiro atoms. The highest BCUT2D eigenvalue weighted by molar-refractivity contribution is 14.0. The Morgan fingerprint density at radius 2 is 2.00 bits per heavy atom. The van der Waals surface area contributed by atoms with Crippen LogP contribution in [0.4, 0.5) is 0 Å². The van der Waals surface area contributed by atoms with Crippen LogP contribution in [0.5, 0.6) is 0 Å². The molecule has 1 aliphatic heterocycles. The van der Waals surface area contributed by atoms with Gasteiger partial charge < -0.3 is 10.6 Å². The molecule has 2 unspecified atom stereocenters. The van der Waals surface area contributed by atoms with Crippen LogP contribution in [0, 0.1) is 11.8 Å². The van der Waals surface area contributed by atoms with Crippen molar-refractivity contribution in [2.75, 3.05) is 26.2 Å². The fraction of sp³-hybridized carbons (Fsp3) is 0.933. The van der Waals surface area contributed by atoms with Gasteiger partial charge in [-0.2, -0.15) is 0 Å². The molecule has 2 fully saturated rings. The van der Waals surface area contributed by atoms with Crippen LogP contribution in [-0.2, 0) is 0 Å². The van der Waals surface area contributed by atoms with Gasteiger partial charge in [-0.25, -0.2) is 0 Å². The zero-order valence-electron chi connectivity index (χ0n) is 13.4. The molecule has 0 radical (unpaired) electrons. The quantitative estimate of drug-likeness (QED) is 0.427. The second-order valence-corrected chi connectivity index (χ2v) is 6.44. The molecule has 2 atom stereocenters. The third kappa shape index (κ3) is 5.39. The second kappa shape index (κ2) is 8.41. The van der Waals surface area contributed by atoms with E-state index >= 15 is 0 Å². The third-order valence-corrected chi connectivity index (χ3v) is 4.24. The number of aliphatic imine (C=N–C) groups is 1. The lowest BCUT2D eigenvalue weighted by molar-refractivity contribution is 0.265. The summed E-state index contributed by atoms with van der Waals surface area (Å²) in [6.45, 7) is 13.3. The summed E-state index contributed by atoms with van der Waals surface area (Å²) in [5.74, 6) is 2.55. The first kappa shape index (κ1) is 18.0. The molecular formula is C15H31IN4. The molecule has 5 heteroatoms. The van der Waals surface area contributed by atoms with E-state index in [0.29, 0.717) is 18.0 Å². The van der Waals surface area contributed by atoms with E-state index in [-0.39, 0.29) is 24.0 Å². The monoisotopic (exact) mass is 394 g/mol. The number of guanidine groups is 1. The summed E-state index contributed by atoms with van der Waals surface area (Å²) in [6, 6.07) is 1.17. The Labute approximate surface area is 141 Å². The molecule has 2 aliphatic rings. The Morgan fingerprint density at radius 1 is 1.30 bits per heavy atom. The van der Waals surface area contributed by atoms with Gasteiger partial charge in [-0.15, -0.1) is 24.0 Å². The minimum Gasteiger partial charge on any atom is -0.357 e. The third-order valence-electron chi connectivity index (χ3n) is 4.24. The molecule has 0 amide bonds. The maximum Gasteiger partial charge on any atom is 0.191 e. The molecule has 0 aromatic rings. The summed E-state index contributed by atoms with van der Waals surface area (Å²) in [7, 11) is 0. The van der Waals surface area contributed by atoms with Gasteiger partial charge in [0.1, 0.15) is 0 Å². The molecule has 20 heavy (non-hydrogen) atoms. The van der Waals surface area contributed by atoms with Crippen molar-refractivity contribution < 1.29 is 0 Å². The predicted octanol–water partition coefficient (Wildman–Crippen LogP) is 2.30. The first-order valence-corrected chi connectivity index (χ1v) is 7.89. The summed E-state index contributed by atoms with van der Waals surface area (Å²) in [6.07, 6.45) is 2.73. The molecule has 1 heterocycles. The van der Waals surface area contributed by atoms with Crippen molar-refractivity contribution >= 4 is 29.9 Å². The van der Waals surface area contributed by atoms with E-state index in [1.807, 2.05) is 0 Å². The number of hydrogen-bond donors (Lipinski definition) is 2. The number of nitrogens with zero attached hydrogens (tertiary/aromatic N) is 2. The Morgan fingerprint density at radius 3 is 2.50 bits per heavy atom. The highest BCUT2D eigenvalue weighted by atomic mass is 127. The van der Waals surface area contributed by atoms with E-state index in [1.54, 1.807) is 0 Å². The summed E-state index contributed by atoms with van der Waals surface area (Å²) >= 11 is 0. The highest BCUT2D eigenvalue weighted by Crippen LogP contribution is 2.28. The van der Waals surface area contributed by atoms with Crippen LogP contribution >= 0.6 is 24.0 Å². The Bertz CT molecular complexity index is 315.